The lowest BCUT2D eigenvalue weighted by atomic mass is 9.70. The predicted octanol–water partition coefficient (Wildman–Crippen LogP) is 6.70. The number of ether oxygens (including phenoxy) is 3. The normalized spacial score (nSPS) is 19.9. The van der Waals surface area contributed by atoms with Gasteiger partial charge in [0.1, 0.15) is 16.6 Å². The number of carbonyl (C=O) groups is 1. The van der Waals surface area contributed by atoms with Crippen molar-refractivity contribution in [3.63, 3.8) is 0 Å². The Morgan fingerprint density at radius 2 is 1.72 bits per heavy atom. The molecule has 6 heterocycles. The number of aliphatic carboxylic acids is 1. The first-order valence-electron chi connectivity index (χ1n) is 19.7. The number of fused-ring (bicyclic) bond motifs is 2. The zero-order valence-electron chi connectivity index (χ0n) is 33.7. The SMILES string of the molecule is Cc1ccc([C@@H](c2ccn3c(C(F)(F)F)nnc3c2C)C(C)(C)C(=O)O)cc1CN1CC2(CCOCC2)Oc2nc(OC(C)CN3CCCCC3)c(C)cc2S1(=O)=O. The van der Waals surface area contributed by atoms with Gasteiger partial charge in [-0.05, 0) is 107 Å². The molecule has 58 heavy (non-hydrogen) atoms. The third kappa shape index (κ3) is 8.02. The number of carboxylic acids is 1. The number of aryl methyl sites for hydroxylation is 3. The predicted molar refractivity (Wildman–Crippen MR) is 208 cm³/mol. The van der Waals surface area contributed by atoms with Crippen LogP contribution in [0.2, 0.25) is 0 Å². The molecular weight excluding hydrogens is 778 g/mol. The van der Waals surface area contributed by atoms with E-state index in [0.29, 0.717) is 59.8 Å². The number of aromatic nitrogens is 4. The second-order valence-electron chi connectivity index (χ2n) is 16.6. The molecule has 0 bridgehead atoms. The fourth-order valence-corrected chi connectivity index (χ4v) is 10.2. The maximum absolute atomic E-state index is 14.8. The van der Waals surface area contributed by atoms with Gasteiger partial charge in [-0.1, -0.05) is 24.6 Å². The molecule has 314 valence electrons. The molecule has 0 aliphatic carbocycles. The first kappa shape index (κ1) is 41.8. The molecule has 0 radical (unpaired) electrons. The van der Waals surface area contributed by atoms with Crippen LogP contribution in [0, 0.1) is 26.2 Å². The van der Waals surface area contributed by atoms with Crippen LogP contribution < -0.4 is 9.47 Å². The Hall–Kier alpha value is -4.32. The summed E-state index contributed by atoms with van der Waals surface area (Å²) in [5, 5.41) is 17.7. The Labute approximate surface area is 336 Å². The third-order valence-electron chi connectivity index (χ3n) is 11.9. The van der Waals surface area contributed by atoms with Crippen molar-refractivity contribution in [1.82, 2.24) is 28.8 Å². The van der Waals surface area contributed by atoms with Crippen molar-refractivity contribution in [1.29, 1.82) is 0 Å². The Bertz CT molecular complexity index is 2300. The average molecular weight is 829 g/mol. The van der Waals surface area contributed by atoms with Crippen LogP contribution in [0.1, 0.15) is 98.0 Å². The Morgan fingerprint density at radius 3 is 2.40 bits per heavy atom. The Morgan fingerprint density at radius 1 is 1.02 bits per heavy atom. The standard InChI is InChI=1S/C41H51F3N6O7S/c1-25-10-11-29(33(39(5,6)38(51)52)31-12-17-50-34(28(31)4)46-47-37(50)41(42,43)44)21-30(25)23-49-24-40(13-18-55-19-14-40)57-36-32(58(49,53)54)20-26(2)35(45-36)56-27(3)22-48-15-8-7-9-16-48/h10-12,17,20-21,27,33H,7-9,13-16,18-19,22-24H2,1-6H3,(H,51,52)/t27?,33-/m0/s1. The van der Waals surface area contributed by atoms with Crippen molar-refractivity contribution < 1.29 is 45.7 Å². The van der Waals surface area contributed by atoms with Gasteiger partial charge in [-0.25, -0.2) is 8.42 Å². The lowest BCUT2D eigenvalue weighted by molar-refractivity contribution is -0.147. The minimum Gasteiger partial charge on any atom is -0.481 e. The molecule has 4 aromatic rings. The van der Waals surface area contributed by atoms with E-state index < -0.39 is 44.9 Å². The van der Waals surface area contributed by atoms with Gasteiger partial charge in [0.05, 0.1) is 25.2 Å². The molecule has 2 saturated heterocycles. The summed E-state index contributed by atoms with van der Waals surface area (Å²) in [6.45, 7) is 13.7. The molecule has 3 aliphatic heterocycles. The molecule has 17 heteroatoms. The van der Waals surface area contributed by atoms with E-state index in [1.165, 1.54) is 23.0 Å². The van der Waals surface area contributed by atoms with E-state index in [0.717, 1.165) is 42.4 Å². The highest BCUT2D eigenvalue weighted by molar-refractivity contribution is 7.89. The number of likely N-dealkylation sites (tertiary alicyclic amines) is 1. The number of pyridine rings is 2. The van der Waals surface area contributed by atoms with Crippen LogP contribution in [0.15, 0.2) is 41.4 Å². The van der Waals surface area contributed by atoms with E-state index in [1.807, 2.05) is 19.9 Å². The summed E-state index contributed by atoms with van der Waals surface area (Å²) in [7, 11) is -4.23. The zero-order valence-corrected chi connectivity index (χ0v) is 34.5. The number of halogens is 3. The van der Waals surface area contributed by atoms with Gasteiger partial charge in [0.25, 0.3) is 0 Å². The molecule has 3 aromatic heterocycles. The van der Waals surface area contributed by atoms with Crippen LogP contribution in [0.5, 0.6) is 11.8 Å². The molecule has 1 spiro atoms. The highest BCUT2D eigenvalue weighted by atomic mass is 32.2. The van der Waals surface area contributed by atoms with Gasteiger partial charge < -0.3 is 19.3 Å². The highest BCUT2D eigenvalue weighted by Crippen LogP contribution is 2.45. The second-order valence-corrected chi connectivity index (χ2v) is 18.5. The molecule has 2 atom stereocenters. The van der Waals surface area contributed by atoms with Crippen LogP contribution in [-0.4, -0.2) is 99.4 Å². The zero-order chi connectivity index (χ0) is 41.8. The first-order chi connectivity index (χ1) is 27.3. The largest absolute Gasteiger partial charge is 0.481 e. The number of hydrogen-bond donors (Lipinski definition) is 1. The number of nitrogens with zero attached hydrogens (tertiary/aromatic N) is 6. The number of piperidine rings is 1. The Balaban J connectivity index is 1.27. The summed E-state index contributed by atoms with van der Waals surface area (Å²) in [6, 6.07) is 8.41. The van der Waals surface area contributed by atoms with E-state index >= 15 is 0 Å². The topological polar surface area (TPSA) is 149 Å². The minimum absolute atomic E-state index is 0.00751. The fraction of sp³-hybridized carbons (Fsp3) is 0.561. The van der Waals surface area contributed by atoms with Crippen molar-refractivity contribution in [3.8, 4) is 11.8 Å². The number of sulfonamides is 1. The summed E-state index contributed by atoms with van der Waals surface area (Å²) < 4.78 is 91.8. The minimum atomic E-state index is -4.75. The molecule has 13 nitrogen and oxygen atoms in total. The first-order valence-corrected chi connectivity index (χ1v) is 21.2. The van der Waals surface area contributed by atoms with Crippen molar-refractivity contribution in [2.45, 2.75) is 109 Å². The van der Waals surface area contributed by atoms with Crippen LogP contribution in [0.25, 0.3) is 5.65 Å². The number of carboxylic acid groups (broad SMARTS) is 1. The number of alkyl halides is 3. The summed E-state index contributed by atoms with van der Waals surface area (Å²) in [4.78, 5) is 19.9. The summed E-state index contributed by atoms with van der Waals surface area (Å²) >= 11 is 0. The molecule has 1 N–H and O–H groups in total. The maximum atomic E-state index is 14.8. The summed E-state index contributed by atoms with van der Waals surface area (Å²) in [5.41, 5.74) is 0.799. The van der Waals surface area contributed by atoms with E-state index in [-0.39, 0.29) is 35.6 Å². The van der Waals surface area contributed by atoms with Crippen LogP contribution in [-0.2, 0) is 32.3 Å². The molecular formula is C41H51F3N6O7S. The van der Waals surface area contributed by atoms with Crippen molar-refractivity contribution in [2.24, 2.45) is 5.41 Å². The lowest BCUT2D eigenvalue weighted by Crippen LogP contribution is -2.50. The monoisotopic (exact) mass is 828 g/mol. The van der Waals surface area contributed by atoms with Gasteiger partial charge >= 0.3 is 12.1 Å². The second kappa shape index (κ2) is 15.7. The Kier molecular flexibility index (Phi) is 11.3. The van der Waals surface area contributed by atoms with Gasteiger partial charge in [0.2, 0.25) is 27.6 Å². The van der Waals surface area contributed by atoms with Crippen molar-refractivity contribution in [3.05, 3.63) is 75.7 Å². The van der Waals surface area contributed by atoms with Crippen LogP contribution in [0.4, 0.5) is 13.2 Å². The van der Waals surface area contributed by atoms with Crippen LogP contribution >= 0.6 is 0 Å². The van der Waals surface area contributed by atoms with Gasteiger partial charge in [-0.2, -0.15) is 22.5 Å². The molecule has 7 rings (SSSR count). The van der Waals surface area contributed by atoms with Gasteiger partial charge in [-0.3, -0.25) is 14.1 Å². The van der Waals surface area contributed by atoms with Crippen molar-refractivity contribution in [2.75, 3.05) is 39.4 Å². The van der Waals surface area contributed by atoms with Gasteiger partial charge in [0, 0.05) is 43.6 Å². The highest BCUT2D eigenvalue weighted by Gasteiger charge is 2.47. The molecule has 3 aliphatic rings. The van der Waals surface area contributed by atoms with Gasteiger partial charge in [0.15, 0.2) is 5.65 Å². The molecule has 2 fully saturated rings. The molecule has 0 saturated carbocycles. The van der Waals surface area contributed by atoms with E-state index in [1.54, 1.807) is 45.9 Å². The maximum Gasteiger partial charge on any atom is 0.452 e. The number of hydrogen-bond acceptors (Lipinski definition) is 10. The fourth-order valence-electron chi connectivity index (χ4n) is 8.54. The smallest absolute Gasteiger partial charge is 0.452 e. The third-order valence-corrected chi connectivity index (χ3v) is 13.7. The average Bonchev–Trinajstić information content (AvgIpc) is 3.59. The molecule has 0 amide bonds. The van der Waals surface area contributed by atoms with Crippen LogP contribution in [0.3, 0.4) is 0 Å². The number of rotatable bonds is 10. The van der Waals surface area contributed by atoms with Gasteiger partial charge in [-0.15, -0.1) is 10.2 Å². The summed E-state index contributed by atoms with van der Waals surface area (Å²) in [5.74, 6) is -2.90. The van der Waals surface area contributed by atoms with Crippen molar-refractivity contribution >= 4 is 21.6 Å². The number of benzene rings is 1. The van der Waals surface area contributed by atoms with E-state index in [2.05, 4.69) is 15.1 Å². The summed E-state index contributed by atoms with van der Waals surface area (Å²) in [6.07, 6.45) is 0.623. The van der Waals surface area contributed by atoms with E-state index in [9.17, 15) is 31.5 Å². The van der Waals surface area contributed by atoms with E-state index in [4.69, 9.17) is 19.2 Å². The quantitative estimate of drug-likeness (QED) is 0.182. The lowest BCUT2D eigenvalue weighted by Gasteiger charge is -2.38. The molecule has 1 aromatic carbocycles. The molecule has 1 unspecified atom stereocenters.